The Morgan fingerprint density at radius 2 is 1.83 bits per heavy atom. The molecule has 0 radical (unpaired) electrons. The van der Waals surface area contributed by atoms with E-state index >= 15 is 0 Å². The zero-order chi connectivity index (χ0) is 29.3. The van der Waals surface area contributed by atoms with E-state index in [4.69, 9.17) is 14.2 Å². The average molecular weight is 575 g/mol. The molecule has 0 bridgehead atoms. The minimum Gasteiger partial charge on any atom is -0.490 e. The highest BCUT2D eigenvalue weighted by molar-refractivity contribution is 6.01. The molecule has 42 heavy (non-hydrogen) atoms. The summed E-state index contributed by atoms with van der Waals surface area (Å²) in [5.41, 5.74) is 2.77. The molecule has 2 amide bonds. The van der Waals surface area contributed by atoms with E-state index in [0.29, 0.717) is 32.1 Å². The molecule has 0 spiro atoms. The van der Waals surface area contributed by atoms with E-state index in [1.165, 1.54) is 0 Å². The fourth-order valence-corrected chi connectivity index (χ4v) is 6.81. The van der Waals surface area contributed by atoms with Crippen LogP contribution in [0.2, 0.25) is 0 Å². The predicted octanol–water partition coefficient (Wildman–Crippen LogP) is 4.11. The number of morpholine rings is 1. The molecule has 0 unspecified atom stereocenters. The van der Waals surface area contributed by atoms with Crippen molar-refractivity contribution in [3.05, 3.63) is 59.3 Å². The summed E-state index contributed by atoms with van der Waals surface area (Å²) in [5.74, 6) is 1.25. The first-order chi connectivity index (χ1) is 20.5. The van der Waals surface area contributed by atoms with E-state index in [9.17, 15) is 9.59 Å². The van der Waals surface area contributed by atoms with Gasteiger partial charge in [-0.05, 0) is 56.0 Å². The van der Waals surface area contributed by atoms with Gasteiger partial charge in [0, 0.05) is 49.5 Å². The highest BCUT2D eigenvalue weighted by Gasteiger charge is 2.56. The summed E-state index contributed by atoms with van der Waals surface area (Å²) in [6, 6.07) is 14.3. The van der Waals surface area contributed by atoms with Crippen LogP contribution in [0.1, 0.15) is 56.4 Å². The minimum atomic E-state index is -1.11. The van der Waals surface area contributed by atoms with Gasteiger partial charge in [0.15, 0.2) is 17.0 Å². The van der Waals surface area contributed by atoms with E-state index < -0.39 is 5.54 Å². The van der Waals surface area contributed by atoms with Crippen molar-refractivity contribution in [3.8, 4) is 11.5 Å². The van der Waals surface area contributed by atoms with Crippen LogP contribution in [-0.4, -0.2) is 97.2 Å². The zero-order valence-corrected chi connectivity index (χ0v) is 25.0. The van der Waals surface area contributed by atoms with Gasteiger partial charge >= 0.3 is 0 Å². The van der Waals surface area contributed by atoms with Crippen LogP contribution in [0.3, 0.4) is 0 Å². The smallest absolute Gasteiger partial charge is 0.254 e. The van der Waals surface area contributed by atoms with Gasteiger partial charge in [-0.25, -0.2) is 0 Å². The number of amides is 2. The topological polar surface area (TPSA) is 87.3 Å². The Hall–Kier alpha value is -3.56. The van der Waals surface area contributed by atoms with Crippen LogP contribution in [0, 0.1) is 0 Å². The minimum absolute atomic E-state index is 0.0198. The normalized spacial score (nSPS) is 22.8. The molecule has 3 aliphatic rings. The maximum Gasteiger partial charge on any atom is 0.254 e. The van der Waals surface area contributed by atoms with Gasteiger partial charge in [0.25, 0.3) is 5.91 Å². The number of hydrogen-bond donors (Lipinski definition) is 1. The molecule has 1 N–H and O–H groups in total. The second kappa shape index (κ2) is 12.0. The number of fused-ring (bicyclic) bond motifs is 5. The summed E-state index contributed by atoms with van der Waals surface area (Å²) in [6.45, 7) is 12.4. The number of piperazine rings is 1. The lowest BCUT2D eigenvalue weighted by atomic mass is 9.76. The molecule has 224 valence electrons. The molecule has 2 aromatic carbocycles. The lowest BCUT2D eigenvalue weighted by Gasteiger charge is -2.51. The first-order valence-electron chi connectivity index (χ1n) is 15.4. The van der Waals surface area contributed by atoms with Crippen molar-refractivity contribution < 1.29 is 23.8 Å². The van der Waals surface area contributed by atoms with Crippen LogP contribution in [0.5, 0.6) is 11.5 Å². The molecule has 0 aliphatic carbocycles. The van der Waals surface area contributed by atoms with Gasteiger partial charge in [0.2, 0.25) is 5.91 Å². The summed E-state index contributed by atoms with van der Waals surface area (Å²) in [7, 11) is 0. The maximum absolute atomic E-state index is 14.3. The van der Waals surface area contributed by atoms with Crippen LogP contribution in [-0.2, 0) is 19.9 Å². The van der Waals surface area contributed by atoms with Crippen molar-refractivity contribution in [2.45, 2.75) is 45.1 Å². The number of para-hydroxylation sites is 1. The fourth-order valence-electron chi connectivity index (χ4n) is 6.81. The molecule has 0 saturated carbocycles. The van der Waals surface area contributed by atoms with Gasteiger partial charge in [0.1, 0.15) is 0 Å². The first-order valence-corrected chi connectivity index (χ1v) is 15.4. The van der Waals surface area contributed by atoms with E-state index in [1.807, 2.05) is 44.2 Å². The van der Waals surface area contributed by atoms with Gasteiger partial charge in [-0.15, -0.1) is 0 Å². The second-order valence-electron chi connectivity index (χ2n) is 11.6. The Morgan fingerprint density at radius 3 is 2.62 bits per heavy atom. The van der Waals surface area contributed by atoms with Crippen LogP contribution >= 0.6 is 0 Å². The second-order valence-corrected chi connectivity index (χ2v) is 11.6. The van der Waals surface area contributed by atoms with Crippen LogP contribution in [0.15, 0.2) is 42.5 Å². The van der Waals surface area contributed by atoms with E-state index in [1.54, 1.807) is 9.80 Å². The molecular formula is C33H42N4O5. The van der Waals surface area contributed by atoms with E-state index in [2.05, 4.69) is 28.9 Å². The van der Waals surface area contributed by atoms with Gasteiger partial charge in [-0.1, -0.05) is 31.2 Å². The molecule has 6 rings (SSSR count). The Labute approximate surface area is 247 Å². The summed E-state index contributed by atoms with van der Waals surface area (Å²) in [4.78, 5) is 37.7. The number of aromatic amines is 1. The third kappa shape index (κ3) is 5.02. The monoisotopic (exact) mass is 574 g/mol. The number of ether oxygens (including phenoxy) is 3. The lowest BCUT2D eigenvalue weighted by Crippen LogP contribution is -2.67. The SMILES string of the molecule is CCCOc1ccc([C@H]2CN3C(=O)CN(CCCN4CCOCC4)C(=O)[C@]3(C)c3[nH]c4ccccc4c32)cc1OCC. The lowest BCUT2D eigenvalue weighted by molar-refractivity contribution is -0.166. The standard InChI is InChI=1S/C33H42N4O5/c1-4-17-42-27-12-11-23(20-28(27)41-5-2)25-21-37-29(38)22-36(14-8-13-35-15-18-40-19-16-35)32(39)33(37,3)31-30(25)24-9-6-7-10-26(24)34-31/h6-7,9-12,20,25,34H,4-5,8,13-19,21-22H2,1-3H3/t25-,33+/m1/s1. The highest BCUT2D eigenvalue weighted by Crippen LogP contribution is 2.49. The Morgan fingerprint density at radius 1 is 1.02 bits per heavy atom. The maximum atomic E-state index is 14.3. The number of nitrogens with zero attached hydrogens (tertiary/aromatic N) is 3. The number of H-pyrrole nitrogens is 1. The predicted molar refractivity (Wildman–Crippen MR) is 161 cm³/mol. The average Bonchev–Trinajstić information content (AvgIpc) is 3.41. The molecule has 3 aromatic rings. The van der Waals surface area contributed by atoms with Crippen LogP contribution in [0.25, 0.3) is 10.9 Å². The van der Waals surface area contributed by atoms with Crippen LogP contribution in [0.4, 0.5) is 0 Å². The molecule has 2 saturated heterocycles. The number of benzene rings is 2. The van der Waals surface area contributed by atoms with Gasteiger partial charge < -0.3 is 29.0 Å². The number of carbonyl (C=O) groups is 2. The number of aromatic nitrogens is 1. The Bertz CT molecular complexity index is 1450. The van der Waals surface area contributed by atoms with Crippen molar-refractivity contribution in [2.24, 2.45) is 0 Å². The van der Waals surface area contributed by atoms with Gasteiger partial charge in [-0.2, -0.15) is 0 Å². The van der Waals surface area contributed by atoms with Crippen molar-refractivity contribution >= 4 is 22.7 Å². The summed E-state index contributed by atoms with van der Waals surface area (Å²) in [5, 5.41) is 1.08. The van der Waals surface area contributed by atoms with E-state index in [-0.39, 0.29) is 24.3 Å². The largest absolute Gasteiger partial charge is 0.490 e. The molecule has 2 fully saturated rings. The fraction of sp³-hybridized carbons (Fsp3) is 0.515. The summed E-state index contributed by atoms with van der Waals surface area (Å²) < 4.78 is 17.4. The van der Waals surface area contributed by atoms with Crippen molar-refractivity contribution in [3.63, 3.8) is 0 Å². The quantitative estimate of drug-likeness (QED) is 0.392. The highest BCUT2D eigenvalue weighted by atomic mass is 16.5. The number of nitrogens with one attached hydrogen (secondary N) is 1. The zero-order valence-electron chi connectivity index (χ0n) is 25.0. The first kappa shape index (κ1) is 28.6. The number of rotatable bonds is 10. The molecule has 4 heterocycles. The molecule has 9 nitrogen and oxygen atoms in total. The van der Waals surface area contributed by atoms with Crippen LogP contribution < -0.4 is 9.47 Å². The summed E-state index contributed by atoms with van der Waals surface area (Å²) in [6.07, 6.45) is 1.73. The van der Waals surface area contributed by atoms with Crippen molar-refractivity contribution in [2.75, 3.05) is 65.7 Å². The van der Waals surface area contributed by atoms with E-state index in [0.717, 1.165) is 79.2 Å². The molecule has 9 heteroatoms. The van der Waals surface area contributed by atoms with Gasteiger partial charge in [-0.3, -0.25) is 14.5 Å². The molecule has 3 aliphatic heterocycles. The van der Waals surface area contributed by atoms with Crippen molar-refractivity contribution in [1.82, 2.24) is 19.7 Å². The Balaban J connectivity index is 1.36. The van der Waals surface area contributed by atoms with Gasteiger partial charge in [0.05, 0.1) is 38.7 Å². The third-order valence-electron chi connectivity index (χ3n) is 8.96. The molecular weight excluding hydrogens is 532 g/mol. The Kier molecular flexibility index (Phi) is 8.14. The molecule has 1 aromatic heterocycles. The number of carbonyl (C=O) groups excluding carboxylic acids is 2. The third-order valence-corrected chi connectivity index (χ3v) is 8.96. The molecule has 2 atom stereocenters. The number of hydrogen-bond acceptors (Lipinski definition) is 6. The summed E-state index contributed by atoms with van der Waals surface area (Å²) >= 11 is 0. The van der Waals surface area contributed by atoms with Crippen molar-refractivity contribution in [1.29, 1.82) is 0 Å².